The molecule has 4 rings (SSSR count). The smallest absolute Gasteiger partial charge is 0.179 e. The van der Waals surface area contributed by atoms with E-state index in [1.54, 1.807) is 12.2 Å². The van der Waals surface area contributed by atoms with Gasteiger partial charge in [0.15, 0.2) is 6.17 Å². The molecule has 0 radical (unpaired) electrons. The zero-order valence-electron chi connectivity index (χ0n) is 14.9. The van der Waals surface area contributed by atoms with Crippen molar-refractivity contribution >= 4 is 17.4 Å². The summed E-state index contributed by atoms with van der Waals surface area (Å²) in [7, 11) is 0. The van der Waals surface area contributed by atoms with Crippen LogP contribution >= 0.6 is 11.8 Å². The molecule has 1 aliphatic carbocycles. The molecule has 2 fully saturated rings. The molecule has 0 N–H and O–H groups in total. The van der Waals surface area contributed by atoms with E-state index in [2.05, 4.69) is 27.7 Å². The van der Waals surface area contributed by atoms with Crippen LogP contribution in [0.3, 0.4) is 0 Å². The first-order valence-electron chi connectivity index (χ1n) is 9.05. The third-order valence-electron chi connectivity index (χ3n) is 4.97. The van der Waals surface area contributed by atoms with Crippen molar-refractivity contribution in [3.63, 3.8) is 0 Å². The standard InChI is InChI=1S/C21H20FN3OS/c22-17-2-1-3-19(6-5-17)27-21-12-16(13-23)4-7-20(21)25-10-8-24(9-11-25)18-14-26-15-18/h3-7,12,17-18H,8-11,14-15H2. The normalized spacial score (nSPS) is 22.9. The van der Waals surface area contributed by atoms with Crippen molar-refractivity contribution in [2.45, 2.75) is 17.1 Å². The highest BCUT2D eigenvalue weighted by molar-refractivity contribution is 8.03. The lowest BCUT2D eigenvalue weighted by atomic mass is 10.1. The second-order valence-corrected chi connectivity index (χ2v) is 7.82. The van der Waals surface area contributed by atoms with Gasteiger partial charge in [0.1, 0.15) is 0 Å². The largest absolute Gasteiger partial charge is 0.378 e. The summed E-state index contributed by atoms with van der Waals surface area (Å²) in [4.78, 5) is 6.74. The molecule has 1 aromatic carbocycles. The number of anilines is 1. The summed E-state index contributed by atoms with van der Waals surface area (Å²) in [6.45, 7) is 5.59. The molecule has 6 heteroatoms. The van der Waals surface area contributed by atoms with Gasteiger partial charge < -0.3 is 9.64 Å². The summed E-state index contributed by atoms with van der Waals surface area (Å²) in [6, 6.07) is 8.57. The van der Waals surface area contributed by atoms with Gasteiger partial charge in [0.2, 0.25) is 0 Å². The van der Waals surface area contributed by atoms with Crippen LogP contribution in [-0.4, -0.2) is 56.5 Å². The van der Waals surface area contributed by atoms with E-state index in [0.717, 1.165) is 54.9 Å². The number of nitriles is 1. The van der Waals surface area contributed by atoms with Crippen LogP contribution in [0.5, 0.6) is 0 Å². The van der Waals surface area contributed by atoms with Crippen molar-refractivity contribution in [1.29, 1.82) is 5.26 Å². The molecule has 0 aromatic heterocycles. The van der Waals surface area contributed by atoms with E-state index in [0.29, 0.717) is 11.6 Å². The zero-order chi connectivity index (χ0) is 18.6. The second kappa shape index (κ2) is 8.19. The lowest BCUT2D eigenvalue weighted by molar-refractivity contribution is -0.0660. The SMILES string of the molecule is N#Cc1ccc(N2CCN(C3COC3)CC2)c(SC2=CC#CC(F)C=C2)c1. The van der Waals surface area contributed by atoms with Gasteiger partial charge in [-0.15, -0.1) is 0 Å². The van der Waals surface area contributed by atoms with Crippen LogP contribution in [0.1, 0.15) is 5.56 Å². The summed E-state index contributed by atoms with van der Waals surface area (Å²) in [6.07, 6.45) is 3.72. The Balaban J connectivity index is 1.53. The maximum absolute atomic E-state index is 13.4. The first kappa shape index (κ1) is 18.1. The van der Waals surface area contributed by atoms with E-state index in [4.69, 9.17) is 4.74 Å². The molecular formula is C21H20FN3OS. The van der Waals surface area contributed by atoms with Crippen molar-refractivity contribution in [3.8, 4) is 17.9 Å². The van der Waals surface area contributed by atoms with Crippen LogP contribution in [0.2, 0.25) is 0 Å². The van der Waals surface area contributed by atoms with Crippen molar-refractivity contribution in [1.82, 2.24) is 4.90 Å². The maximum Gasteiger partial charge on any atom is 0.179 e. The van der Waals surface area contributed by atoms with Gasteiger partial charge in [-0.05, 0) is 30.4 Å². The fourth-order valence-corrected chi connectivity index (χ4v) is 4.35. The number of hydrogen-bond donors (Lipinski definition) is 0. The lowest BCUT2D eigenvalue weighted by Crippen LogP contribution is -2.56. The summed E-state index contributed by atoms with van der Waals surface area (Å²) in [5, 5.41) is 9.29. The van der Waals surface area contributed by atoms with Crippen molar-refractivity contribution < 1.29 is 9.13 Å². The third kappa shape index (κ3) is 4.20. The Bertz CT molecular complexity index is 868. The van der Waals surface area contributed by atoms with E-state index >= 15 is 0 Å². The predicted molar refractivity (Wildman–Crippen MR) is 105 cm³/mol. The molecule has 1 unspecified atom stereocenters. The molecule has 0 saturated carbocycles. The number of piperazine rings is 1. The highest BCUT2D eigenvalue weighted by atomic mass is 32.2. The van der Waals surface area contributed by atoms with Gasteiger partial charge in [-0.2, -0.15) is 5.26 Å². The molecular weight excluding hydrogens is 361 g/mol. The first-order valence-corrected chi connectivity index (χ1v) is 9.87. The van der Waals surface area contributed by atoms with E-state index in [-0.39, 0.29) is 0 Å². The van der Waals surface area contributed by atoms with E-state index in [1.165, 1.54) is 17.8 Å². The zero-order valence-corrected chi connectivity index (χ0v) is 15.7. The molecule has 0 spiro atoms. The monoisotopic (exact) mass is 381 g/mol. The number of hydrogen-bond acceptors (Lipinski definition) is 5. The van der Waals surface area contributed by atoms with Crippen molar-refractivity contribution in [2.75, 3.05) is 44.3 Å². The Hall–Kier alpha value is -2.25. The molecule has 2 aliphatic heterocycles. The quantitative estimate of drug-likeness (QED) is 0.750. The summed E-state index contributed by atoms with van der Waals surface area (Å²) in [5.74, 6) is 5.27. The minimum absolute atomic E-state index is 0.565. The Morgan fingerprint density at radius 3 is 2.74 bits per heavy atom. The third-order valence-corrected chi connectivity index (χ3v) is 6.01. The fourth-order valence-electron chi connectivity index (χ4n) is 3.35. The molecule has 0 amide bonds. The number of ether oxygens (including phenoxy) is 1. The van der Waals surface area contributed by atoms with E-state index in [1.807, 2.05) is 18.2 Å². The number of nitrogens with zero attached hydrogens (tertiary/aromatic N) is 3. The molecule has 138 valence electrons. The van der Waals surface area contributed by atoms with Gasteiger partial charge in [0.25, 0.3) is 0 Å². The van der Waals surface area contributed by atoms with Crippen LogP contribution in [0.15, 0.2) is 46.2 Å². The van der Waals surface area contributed by atoms with Crippen LogP contribution in [-0.2, 0) is 4.74 Å². The fraction of sp³-hybridized carbons (Fsp3) is 0.381. The van der Waals surface area contributed by atoms with Gasteiger partial charge in [0.05, 0.1) is 36.6 Å². The number of rotatable bonds is 4. The van der Waals surface area contributed by atoms with Crippen LogP contribution < -0.4 is 4.90 Å². The number of thioether (sulfide) groups is 1. The summed E-state index contributed by atoms with van der Waals surface area (Å²) < 4.78 is 18.7. The second-order valence-electron chi connectivity index (χ2n) is 6.71. The molecule has 1 aromatic rings. The first-order chi connectivity index (χ1) is 13.2. The minimum Gasteiger partial charge on any atom is -0.378 e. The number of allylic oxidation sites excluding steroid dienone is 3. The topological polar surface area (TPSA) is 39.5 Å². The maximum atomic E-state index is 13.4. The highest BCUT2D eigenvalue weighted by Gasteiger charge is 2.29. The number of alkyl halides is 1. The summed E-state index contributed by atoms with van der Waals surface area (Å²) >= 11 is 1.53. The molecule has 3 aliphatic rings. The van der Waals surface area contributed by atoms with Gasteiger partial charge >= 0.3 is 0 Å². The molecule has 0 bridgehead atoms. The number of benzene rings is 1. The molecule has 4 nitrogen and oxygen atoms in total. The Labute approximate surface area is 163 Å². The van der Waals surface area contributed by atoms with Crippen LogP contribution in [0.4, 0.5) is 10.1 Å². The average molecular weight is 381 g/mol. The Morgan fingerprint density at radius 1 is 1.22 bits per heavy atom. The highest BCUT2D eigenvalue weighted by Crippen LogP contribution is 2.37. The lowest BCUT2D eigenvalue weighted by Gasteiger charge is -2.43. The summed E-state index contributed by atoms with van der Waals surface area (Å²) in [5.41, 5.74) is 1.74. The molecule has 2 heterocycles. The minimum atomic E-state index is -1.23. The molecule has 2 saturated heterocycles. The van der Waals surface area contributed by atoms with E-state index in [9.17, 15) is 9.65 Å². The van der Waals surface area contributed by atoms with Crippen LogP contribution in [0, 0.1) is 23.2 Å². The van der Waals surface area contributed by atoms with Gasteiger partial charge in [0, 0.05) is 42.1 Å². The van der Waals surface area contributed by atoms with Gasteiger partial charge in [-0.3, -0.25) is 4.90 Å². The van der Waals surface area contributed by atoms with Crippen molar-refractivity contribution in [3.05, 3.63) is 46.9 Å². The average Bonchev–Trinajstić information content (AvgIpc) is 2.85. The predicted octanol–water partition coefficient (Wildman–Crippen LogP) is 2.97. The van der Waals surface area contributed by atoms with Crippen LogP contribution in [0.25, 0.3) is 0 Å². The van der Waals surface area contributed by atoms with Crippen molar-refractivity contribution in [2.24, 2.45) is 0 Å². The van der Waals surface area contributed by atoms with E-state index < -0.39 is 6.17 Å². The molecule has 27 heavy (non-hydrogen) atoms. The molecule has 1 atom stereocenters. The number of halogens is 1. The van der Waals surface area contributed by atoms with Gasteiger partial charge in [-0.1, -0.05) is 23.6 Å². The van der Waals surface area contributed by atoms with Gasteiger partial charge in [-0.25, -0.2) is 4.39 Å². The Morgan fingerprint density at radius 2 is 2.04 bits per heavy atom. The Kier molecular flexibility index (Phi) is 5.50.